The molecule has 1 aliphatic rings. The number of carbonyl (C=O) groups is 3. The Kier molecular flexibility index (Phi) is 6.79. The van der Waals surface area contributed by atoms with Gasteiger partial charge in [-0.2, -0.15) is 0 Å². The third-order valence-corrected chi connectivity index (χ3v) is 4.68. The van der Waals surface area contributed by atoms with Crippen LogP contribution >= 0.6 is 0 Å². The monoisotopic (exact) mass is 392 g/mol. The molecule has 1 atom stereocenters. The second kappa shape index (κ2) is 9.68. The fraction of sp³-hybridized carbons (Fsp3) is 0.261. The molecule has 0 saturated carbocycles. The van der Waals surface area contributed by atoms with Crippen molar-refractivity contribution in [3.63, 3.8) is 0 Å². The molecule has 2 amide bonds. The van der Waals surface area contributed by atoms with Crippen LogP contribution in [-0.4, -0.2) is 30.4 Å². The second-order valence-corrected chi connectivity index (χ2v) is 6.92. The number of hydrogen-bond donors (Lipinski definition) is 2. The van der Waals surface area contributed by atoms with Gasteiger partial charge in [0.25, 0.3) is 5.91 Å². The van der Waals surface area contributed by atoms with Crippen molar-refractivity contribution in [3.05, 3.63) is 71.3 Å². The van der Waals surface area contributed by atoms with Gasteiger partial charge in [0.05, 0.1) is 0 Å². The number of benzene rings is 2. The summed E-state index contributed by atoms with van der Waals surface area (Å²) in [6.45, 7) is 1.19. The predicted molar refractivity (Wildman–Crippen MR) is 111 cm³/mol. The van der Waals surface area contributed by atoms with E-state index in [1.54, 1.807) is 6.08 Å². The van der Waals surface area contributed by atoms with Crippen LogP contribution in [0.4, 0.5) is 5.69 Å². The SMILES string of the molecule is C[C@H](OC(=O)CNC(=O)/C=C/c1ccccc1)C(=O)Nc1ccc2c(c1)CCC2. The minimum atomic E-state index is -0.965. The highest BCUT2D eigenvalue weighted by Crippen LogP contribution is 2.25. The van der Waals surface area contributed by atoms with Gasteiger partial charge in [-0.3, -0.25) is 14.4 Å². The number of carbonyl (C=O) groups excluding carboxylic acids is 3. The zero-order valence-corrected chi connectivity index (χ0v) is 16.3. The Balaban J connectivity index is 1.42. The first-order chi connectivity index (χ1) is 14.0. The van der Waals surface area contributed by atoms with Gasteiger partial charge < -0.3 is 15.4 Å². The lowest BCUT2D eigenvalue weighted by atomic mass is 10.1. The lowest BCUT2D eigenvalue weighted by Gasteiger charge is -2.14. The molecule has 3 rings (SSSR count). The van der Waals surface area contributed by atoms with Crippen LogP contribution in [0.1, 0.15) is 30.0 Å². The first-order valence-electron chi connectivity index (χ1n) is 9.64. The number of anilines is 1. The topological polar surface area (TPSA) is 84.5 Å². The van der Waals surface area contributed by atoms with Crippen molar-refractivity contribution in [2.75, 3.05) is 11.9 Å². The van der Waals surface area contributed by atoms with Crippen LogP contribution in [0.3, 0.4) is 0 Å². The predicted octanol–water partition coefficient (Wildman–Crippen LogP) is 2.88. The number of nitrogens with one attached hydrogen (secondary N) is 2. The lowest BCUT2D eigenvalue weighted by Crippen LogP contribution is -2.35. The van der Waals surface area contributed by atoms with Crippen LogP contribution in [0.25, 0.3) is 6.08 Å². The quantitative estimate of drug-likeness (QED) is 0.561. The molecule has 0 saturated heterocycles. The van der Waals surface area contributed by atoms with E-state index in [0.717, 1.165) is 24.8 Å². The van der Waals surface area contributed by atoms with Gasteiger partial charge in [0.15, 0.2) is 6.10 Å². The molecule has 29 heavy (non-hydrogen) atoms. The molecule has 0 fully saturated rings. The summed E-state index contributed by atoms with van der Waals surface area (Å²) in [5.74, 6) is -1.50. The van der Waals surface area contributed by atoms with E-state index in [2.05, 4.69) is 10.6 Å². The molecule has 2 aromatic carbocycles. The first-order valence-corrected chi connectivity index (χ1v) is 9.64. The third-order valence-electron chi connectivity index (χ3n) is 4.68. The zero-order valence-electron chi connectivity index (χ0n) is 16.3. The maximum atomic E-state index is 12.3. The van der Waals surface area contributed by atoms with Gasteiger partial charge in [-0.05, 0) is 61.1 Å². The maximum absolute atomic E-state index is 12.3. The molecule has 6 nitrogen and oxygen atoms in total. The lowest BCUT2D eigenvalue weighted by molar-refractivity contribution is -0.152. The number of fused-ring (bicyclic) bond motifs is 1. The van der Waals surface area contributed by atoms with Crippen LogP contribution in [0.2, 0.25) is 0 Å². The summed E-state index contributed by atoms with van der Waals surface area (Å²) in [7, 11) is 0. The highest BCUT2D eigenvalue weighted by Gasteiger charge is 2.19. The minimum Gasteiger partial charge on any atom is -0.451 e. The highest BCUT2D eigenvalue weighted by molar-refractivity contribution is 5.96. The van der Waals surface area contributed by atoms with E-state index in [1.165, 1.54) is 24.1 Å². The van der Waals surface area contributed by atoms with Crippen molar-refractivity contribution in [3.8, 4) is 0 Å². The van der Waals surface area contributed by atoms with Crippen LogP contribution in [0.15, 0.2) is 54.6 Å². The van der Waals surface area contributed by atoms with E-state index in [-0.39, 0.29) is 6.54 Å². The van der Waals surface area contributed by atoms with Crippen molar-refractivity contribution in [1.82, 2.24) is 5.32 Å². The molecule has 1 aliphatic carbocycles. The van der Waals surface area contributed by atoms with Crippen LogP contribution in [-0.2, 0) is 32.0 Å². The summed E-state index contributed by atoms with van der Waals surface area (Å²) in [5.41, 5.74) is 4.14. The Hall–Kier alpha value is -3.41. The number of aryl methyl sites for hydroxylation is 2. The maximum Gasteiger partial charge on any atom is 0.326 e. The molecule has 6 heteroatoms. The molecule has 0 unspecified atom stereocenters. The van der Waals surface area contributed by atoms with Crippen LogP contribution < -0.4 is 10.6 Å². The summed E-state index contributed by atoms with van der Waals surface area (Å²) in [6.07, 6.45) is 5.24. The van der Waals surface area contributed by atoms with Gasteiger partial charge in [-0.25, -0.2) is 0 Å². The van der Waals surface area contributed by atoms with E-state index in [4.69, 9.17) is 4.74 Å². The Morgan fingerprint density at radius 2 is 1.83 bits per heavy atom. The normalized spacial score (nSPS) is 13.6. The third kappa shape index (κ3) is 6.04. The minimum absolute atomic E-state index is 0.311. The van der Waals surface area contributed by atoms with Crippen molar-refractivity contribution in [2.24, 2.45) is 0 Å². The second-order valence-electron chi connectivity index (χ2n) is 6.92. The molecule has 0 radical (unpaired) electrons. The summed E-state index contributed by atoms with van der Waals surface area (Å²) < 4.78 is 5.10. The largest absolute Gasteiger partial charge is 0.451 e. The van der Waals surface area contributed by atoms with Crippen molar-refractivity contribution in [1.29, 1.82) is 0 Å². The first kappa shape index (κ1) is 20.3. The van der Waals surface area contributed by atoms with E-state index in [0.29, 0.717) is 5.69 Å². The van der Waals surface area contributed by atoms with E-state index in [1.807, 2.05) is 48.5 Å². The number of ether oxygens (including phenoxy) is 1. The number of hydrogen-bond acceptors (Lipinski definition) is 4. The summed E-state index contributed by atoms with van der Waals surface area (Å²) in [6, 6.07) is 15.2. The average molecular weight is 392 g/mol. The Bertz CT molecular complexity index is 922. The van der Waals surface area contributed by atoms with Gasteiger partial charge in [0, 0.05) is 11.8 Å². The average Bonchev–Trinajstić information content (AvgIpc) is 3.19. The molecule has 0 aromatic heterocycles. The van der Waals surface area contributed by atoms with E-state index < -0.39 is 23.9 Å². The summed E-state index contributed by atoms with van der Waals surface area (Å²) >= 11 is 0. The molecular weight excluding hydrogens is 368 g/mol. The molecule has 150 valence electrons. The molecule has 0 bridgehead atoms. The van der Waals surface area contributed by atoms with Gasteiger partial charge in [0.1, 0.15) is 6.54 Å². The summed E-state index contributed by atoms with van der Waals surface area (Å²) in [5, 5.41) is 5.21. The number of esters is 1. The molecule has 0 aliphatic heterocycles. The van der Waals surface area contributed by atoms with Gasteiger partial charge in [-0.15, -0.1) is 0 Å². The molecule has 0 spiro atoms. The van der Waals surface area contributed by atoms with Crippen molar-refractivity contribution in [2.45, 2.75) is 32.3 Å². The highest BCUT2D eigenvalue weighted by atomic mass is 16.5. The summed E-state index contributed by atoms with van der Waals surface area (Å²) in [4.78, 5) is 35.9. The van der Waals surface area contributed by atoms with Crippen molar-refractivity contribution < 1.29 is 19.1 Å². The van der Waals surface area contributed by atoms with Crippen molar-refractivity contribution >= 4 is 29.5 Å². The number of rotatable bonds is 7. The Morgan fingerprint density at radius 1 is 1.07 bits per heavy atom. The van der Waals surface area contributed by atoms with Gasteiger partial charge in [0.2, 0.25) is 5.91 Å². The molecular formula is C23H24N2O4. The van der Waals surface area contributed by atoms with Crippen LogP contribution in [0.5, 0.6) is 0 Å². The van der Waals surface area contributed by atoms with E-state index >= 15 is 0 Å². The van der Waals surface area contributed by atoms with Gasteiger partial charge >= 0.3 is 5.97 Å². The smallest absolute Gasteiger partial charge is 0.326 e. The fourth-order valence-electron chi connectivity index (χ4n) is 3.14. The molecule has 0 heterocycles. The Labute approximate surface area is 170 Å². The molecule has 2 aromatic rings. The van der Waals surface area contributed by atoms with Gasteiger partial charge in [-0.1, -0.05) is 36.4 Å². The van der Waals surface area contributed by atoms with E-state index in [9.17, 15) is 14.4 Å². The fourth-order valence-corrected chi connectivity index (χ4v) is 3.14. The van der Waals surface area contributed by atoms with Crippen LogP contribution in [0, 0.1) is 0 Å². The standard InChI is InChI=1S/C23H24N2O4/c1-16(23(28)25-20-12-11-18-8-5-9-19(18)14-20)29-22(27)15-24-21(26)13-10-17-6-3-2-4-7-17/h2-4,6-7,10-14,16H,5,8-9,15H2,1H3,(H,24,26)(H,25,28)/b13-10+/t16-/m0/s1. The molecule has 2 N–H and O–H groups in total. The Morgan fingerprint density at radius 3 is 2.62 bits per heavy atom. The zero-order chi connectivity index (χ0) is 20.6. The number of amides is 2.